The third-order valence-electron chi connectivity index (χ3n) is 5.89. The number of benzene rings is 4. The molecule has 0 spiro atoms. The quantitative estimate of drug-likeness (QED) is 0.219. The molecule has 2 atom stereocenters. The number of hydrogen-bond acceptors (Lipinski definition) is 4. The normalized spacial score (nSPS) is 12.7. The molecular weight excluding hydrogens is 456 g/mol. The van der Waals surface area contributed by atoms with E-state index in [1.807, 2.05) is 33.7 Å². The molecule has 4 aromatic rings. The van der Waals surface area contributed by atoms with Gasteiger partial charge in [-0.1, -0.05) is 119 Å². The van der Waals surface area contributed by atoms with Crippen molar-refractivity contribution in [3.63, 3.8) is 0 Å². The van der Waals surface area contributed by atoms with Crippen LogP contribution in [0.5, 0.6) is 11.5 Å². The lowest BCUT2D eigenvalue weighted by Crippen LogP contribution is -1.98. The summed E-state index contributed by atoms with van der Waals surface area (Å²) in [6.45, 7) is 4.49. The maximum Gasteiger partial charge on any atom is 0.131 e. The highest BCUT2D eigenvalue weighted by Gasteiger charge is 2.21. The number of hydrogen-bond donors (Lipinski definition) is 0. The highest BCUT2D eigenvalue weighted by atomic mass is 33.1. The van der Waals surface area contributed by atoms with Gasteiger partial charge in [-0.25, -0.2) is 0 Å². The molecule has 0 saturated heterocycles. The van der Waals surface area contributed by atoms with Crippen molar-refractivity contribution in [1.82, 2.24) is 0 Å². The largest absolute Gasteiger partial charge is 0.496 e. The SMILES string of the molecule is COc1c(-c2ccccc2)cccc1[C@@H](C)SS[C@H](C)c1cccc(-c2ccccc2)c1OC. The van der Waals surface area contributed by atoms with Gasteiger partial charge in [0.15, 0.2) is 0 Å². The second-order valence-corrected chi connectivity index (χ2v) is 11.0. The molecular formula is C30H30O2S2. The van der Waals surface area contributed by atoms with Gasteiger partial charge in [-0.15, -0.1) is 0 Å². The Kier molecular flexibility index (Phi) is 8.25. The number of methoxy groups -OCH3 is 2. The summed E-state index contributed by atoms with van der Waals surface area (Å²) in [7, 11) is 7.26. The van der Waals surface area contributed by atoms with Crippen molar-refractivity contribution in [3.05, 3.63) is 108 Å². The van der Waals surface area contributed by atoms with Crippen molar-refractivity contribution in [3.8, 4) is 33.8 Å². The smallest absolute Gasteiger partial charge is 0.131 e. The predicted molar refractivity (Wildman–Crippen MR) is 149 cm³/mol. The van der Waals surface area contributed by atoms with Crippen LogP contribution in [0.3, 0.4) is 0 Å². The van der Waals surface area contributed by atoms with Crippen LogP contribution >= 0.6 is 21.6 Å². The zero-order chi connectivity index (χ0) is 23.9. The Morgan fingerprint density at radius 3 is 1.24 bits per heavy atom. The topological polar surface area (TPSA) is 18.5 Å². The molecule has 34 heavy (non-hydrogen) atoms. The van der Waals surface area contributed by atoms with Crippen molar-refractivity contribution < 1.29 is 9.47 Å². The van der Waals surface area contributed by atoms with E-state index in [-0.39, 0.29) is 10.5 Å². The van der Waals surface area contributed by atoms with Crippen LogP contribution in [0, 0.1) is 0 Å². The van der Waals surface area contributed by atoms with E-state index in [0.29, 0.717) is 0 Å². The Morgan fingerprint density at radius 2 is 0.882 bits per heavy atom. The molecule has 174 valence electrons. The fourth-order valence-corrected chi connectivity index (χ4v) is 6.70. The van der Waals surface area contributed by atoms with Gasteiger partial charge in [-0.3, -0.25) is 0 Å². The summed E-state index contributed by atoms with van der Waals surface area (Å²) in [5.41, 5.74) is 7.01. The molecule has 0 N–H and O–H groups in total. The van der Waals surface area contributed by atoms with Crippen LogP contribution in [0.2, 0.25) is 0 Å². The fraction of sp³-hybridized carbons (Fsp3) is 0.200. The summed E-state index contributed by atoms with van der Waals surface area (Å²) in [5.74, 6) is 1.90. The maximum atomic E-state index is 5.90. The summed E-state index contributed by atoms with van der Waals surface area (Å²) in [5, 5.41) is 0.517. The monoisotopic (exact) mass is 486 g/mol. The molecule has 0 aliphatic carbocycles. The second-order valence-electron chi connectivity index (χ2n) is 8.07. The minimum absolute atomic E-state index is 0.259. The predicted octanol–water partition coefficient (Wildman–Crippen LogP) is 9.24. The van der Waals surface area contributed by atoms with Crippen LogP contribution in [0.4, 0.5) is 0 Å². The molecule has 4 heteroatoms. The fourth-order valence-electron chi connectivity index (χ4n) is 4.17. The van der Waals surface area contributed by atoms with Gasteiger partial charge in [0, 0.05) is 32.8 Å². The molecule has 0 heterocycles. The molecule has 0 amide bonds. The van der Waals surface area contributed by atoms with Crippen LogP contribution < -0.4 is 9.47 Å². The lowest BCUT2D eigenvalue weighted by atomic mass is 10.00. The van der Waals surface area contributed by atoms with E-state index in [4.69, 9.17) is 9.47 Å². The van der Waals surface area contributed by atoms with Gasteiger partial charge in [0.25, 0.3) is 0 Å². The average Bonchev–Trinajstić information content (AvgIpc) is 2.91. The molecule has 0 bridgehead atoms. The molecule has 4 rings (SSSR count). The van der Waals surface area contributed by atoms with E-state index in [9.17, 15) is 0 Å². The molecule has 0 aromatic heterocycles. The van der Waals surface area contributed by atoms with Crippen LogP contribution in [-0.2, 0) is 0 Å². The minimum atomic E-state index is 0.259. The Bertz CT molecular complexity index is 1110. The van der Waals surface area contributed by atoms with Crippen molar-refractivity contribution in [2.75, 3.05) is 14.2 Å². The van der Waals surface area contributed by atoms with Crippen molar-refractivity contribution >= 4 is 21.6 Å². The molecule has 2 nitrogen and oxygen atoms in total. The number of rotatable bonds is 9. The molecule has 0 fully saturated rings. The first-order valence-electron chi connectivity index (χ1n) is 11.4. The van der Waals surface area contributed by atoms with Crippen LogP contribution in [0.15, 0.2) is 97.1 Å². The summed E-state index contributed by atoms with van der Waals surface area (Å²) in [4.78, 5) is 0. The first-order valence-corrected chi connectivity index (χ1v) is 13.7. The third-order valence-corrected chi connectivity index (χ3v) is 9.15. The van der Waals surface area contributed by atoms with Crippen molar-refractivity contribution in [2.24, 2.45) is 0 Å². The molecule has 0 aliphatic heterocycles. The van der Waals surface area contributed by atoms with E-state index in [0.717, 1.165) is 22.6 Å². The first kappa shape index (κ1) is 24.3. The van der Waals surface area contributed by atoms with Gasteiger partial charge in [0.05, 0.1) is 14.2 Å². The van der Waals surface area contributed by atoms with Crippen molar-refractivity contribution in [1.29, 1.82) is 0 Å². The standard InChI is InChI=1S/C30H30O2S2/c1-21(25-17-11-19-27(29(25)31-3)23-13-7-5-8-14-23)33-34-22(2)26-18-12-20-28(30(26)32-4)24-15-9-6-10-16-24/h5-22H,1-4H3/t21-,22-/m1/s1. The van der Waals surface area contributed by atoms with E-state index < -0.39 is 0 Å². The Morgan fingerprint density at radius 1 is 0.500 bits per heavy atom. The van der Waals surface area contributed by atoms with Crippen LogP contribution in [0.25, 0.3) is 22.3 Å². The van der Waals surface area contributed by atoms with Gasteiger partial charge in [0.2, 0.25) is 0 Å². The zero-order valence-corrected chi connectivity index (χ0v) is 21.7. The summed E-state index contributed by atoms with van der Waals surface area (Å²) < 4.78 is 11.8. The molecule has 0 aliphatic rings. The average molecular weight is 487 g/mol. The van der Waals surface area contributed by atoms with E-state index in [1.165, 1.54) is 22.3 Å². The lowest BCUT2D eigenvalue weighted by Gasteiger charge is -2.21. The molecule has 0 saturated carbocycles. The van der Waals surface area contributed by atoms with Crippen LogP contribution in [-0.4, -0.2) is 14.2 Å². The molecule has 4 aromatic carbocycles. The summed E-state index contributed by atoms with van der Waals surface area (Å²) >= 11 is 0. The van der Waals surface area contributed by atoms with Crippen molar-refractivity contribution in [2.45, 2.75) is 24.3 Å². The lowest BCUT2D eigenvalue weighted by molar-refractivity contribution is 0.411. The van der Waals surface area contributed by atoms with E-state index >= 15 is 0 Å². The maximum absolute atomic E-state index is 5.90. The van der Waals surface area contributed by atoms with Gasteiger partial charge in [0.1, 0.15) is 11.5 Å². The summed E-state index contributed by atoms with van der Waals surface area (Å²) in [6, 6.07) is 33.7. The zero-order valence-electron chi connectivity index (χ0n) is 20.0. The second kappa shape index (κ2) is 11.5. The van der Waals surface area contributed by atoms with Gasteiger partial charge in [-0.2, -0.15) is 0 Å². The van der Waals surface area contributed by atoms with Gasteiger partial charge >= 0.3 is 0 Å². The van der Waals surface area contributed by atoms with E-state index in [2.05, 4.69) is 98.8 Å². The molecule has 0 radical (unpaired) electrons. The Hall–Kier alpha value is -2.82. The Labute approximate surface area is 211 Å². The third kappa shape index (κ3) is 5.29. The van der Waals surface area contributed by atoms with Gasteiger partial charge < -0.3 is 9.47 Å². The number of para-hydroxylation sites is 2. The van der Waals surface area contributed by atoms with E-state index in [1.54, 1.807) is 14.2 Å². The molecule has 0 unspecified atom stereocenters. The Balaban J connectivity index is 1.55. The highest BCUT2D eigenvalue weighted by Crippen LogP contribution is 2.51. The highest BCUT2D eigenvalue weighted by molar-refractivity contribution is 8.76. The van der Waals surface area contributed by atoms with Gasteiger partial charge in [-0.05, 0) is 25.0 Å². The minimum Gasteiger partial charge on any atom is -0.496 e. The number of ether oxygens (including phenoxy) is 2. The first-order chi connectivity index (χ1) is 16.6. The van der Waals surface area contributed by atoms with Crippen LogP contribution in [0.1, 0.15) is 35.5 Å². The summed E-state index contributed by atoms with van der Waals surface area (Å²) in [6.07, 6.45) is 0.